The summed E-state index contributed by atoms with van der Waals surface area (Å²) in [5.41, 5.74) is 3.83. The van der Waals surface area contributed by atoms with E-state index in [0.29, 0.717) is 23.8 Å². The minimum atomic E-state index is -0.516. The summed E-state index contributed by atoms with van der Waals surface area (Å²) in [6.45, 7) is 2.07. The Labute approximate surface area is 121 Å². The van der Waals surface area contributed by atoms with Gasteiger partial charge in [-0.25, -0.2) is 10.8 Å². The second-order valence-corrected chi connectivity index (χ2v) is 4.69. The van der Waals surface area contributed by atoms with Crippen LogP contribution in [0.4, 0.5) is 11.5 Å². The third kappa shape index (κ3) is 2.50. The third-order valence-electron chi connectivity index (χ3n) is 3.25. The molecule has 1 unspecified atom stereocenters. The Morgan fingerprint density at radius 2 is 2.14 bits per heavy atom. The van der Waals surface area contributed by atoms with Gasteiger partial charge in [0.15, 0.2) is 11.9 Å². The van der Waals surface area contributed by atoms with Crippen molar-refractivity contribution in [3.05, 3.63) is 42.4 Å². The van der Waals surface area contributed by atoms with Crippen LogP contribution in [0.15, 0.2) is 36.7 Å². The number of aromatic nitrogens is 2. The van der Waals surface area contributed by atoms with Crippen LogP contribution in [0.5, 0.6) is 5.75 Å². The number of nitrogen functional groups attached to an aromatic ring is 1. The first kappa shape index (κ1) is 13.3. The van der Waals surface area contributed by atoms with Crippen molar-refractivity contribution in [3.8, 4) is 5.75 Å². The van der Waals surface area contributed by atoms with Gasteiger partial charge < -0.3 is 10.2 Å². The molecule has 0 radical (unpaired) electrons. The number of hydrogen-bond acceptors (Lipinski definition) is 6. The number of nitrogens with two attached hydrogens (primary N) is 1. The summed E-state index contributed by atoms with van der Waals surface area (Å²) in [6.07, 6.45) is 2.60. The Morgan fingerprint density at radius 3 is 2.86 bits per heavy atom. The van der Waals surface area contributed by atoms with Crippen molar-refractivity contribution in [2.75, 3.05) is 10.3 Å². The number of benzene rings is 1. The fourth-order valence-corrected chi connectivity index (χ4v) is 2.19. The van der Waals surface area contributed by atoms with E-state index in [1.807, 2.05) is 24.3 Å². The minimum Gasteiger partial charge on any atom is -0.479 e. The summed E-state index contributed by atoms with van der Waals surface area (Å²) < 4.78 is 5.59. The molecule has 1 aromatic carbocycles. The van der Waals surface area contributed by atoms with Gasteiger partial charge in [0, 0.05) is 0 Å². The van der Waals surface area contributed by atoms with Gasteiger partial charge in [-0.2, -0.15) is 0 Å². The first-order valence-electron chi connectivity index (χ1n) is 6.53. The Bertz CT molecular complexity index is 659. The summed E-state index contributed by atoms with van der Waals surface area (Å²) in [4.78, 5) is 22.3. The van der Waals surface area contributed by atoms with Crippen molar-refractivity contribution in [3.63, 3.8) is 0 Å². The molecule has 108 valence electrons. The van der Waals surface area contributed by atoms with Gasteiger partial charge in [0.1, 0.15) is 5.75 Å². The summed E-state index contributed by atoms with van der Waals surface area (Å²) in [5, 5.41) is 0. The highest BCUT2D eigenvalue weighted by Crippen LogP contribution is 2.34. The molecule has 0 fully saturated rings. The van der Waals surface area contributed by atoms with Crippen LogP contribution < -0.4 is 20.9 Å². The van der Waals surface area contributed by atoms with Gasteiger partial charge in [-0.15, -0.1) is 0 Å². The topological polar surface area (TPSA) is 93.4 Å². The minimum absolute atomic E-state index is 0.100. The number of carbonyl (C=O) groups is 1. The van der Waals surface area contributed by atoms with Crippen LogP contribution in [-0.4, -0.2) is 22.0 Å². The highest BCUT2D eigenvalue weighted by atomic mass is 16.5. The number of hydrogen-bond donors (Lipinski definition) is 2. The van der Waals surface area contributed by atoms with E-state index in [4.69, 9.17) is 10.6 Å². The van der Waals surface area contributed by atoms with Gasteiger partial charge in [0.25, 0.3) is 5.91 Å². The van der Waals surface area contributed by atoms with Crippen LogP contribution in [-0.2, 0) is 11.3 Å². The Morgan fingerprint density at radius 1 is 1.33 bits per heavy atom. The van der Waals surface area contributed by atoms with Crippen molar-refractivity contribution >= 4 is 17.4 Å². The highest BCUT2D eigenvalue weighted by molar-refractivity contribution is 5.99. The number of carbonyl (C=O) groups excluding carboxylic acids is 1. The zero-order valence-electron chi connectivity index (χ0n) is 11.5. The Kier molecular flexibility index (Phi) is 3.41. The van der Waals surface area contributed by atoms with Gasteiger partial charge >= 0.3 is 0 Å². The van der Waals surface area contributed by atoms with Crippen LogP contribution in [0, 0.1) is 0 Å². The van der Waals surface area contributed by atoms with Gasteiger partial charge in [-0.05, 0) is 19.1 Å². The lowest BCUT2D eigenvalue weighted by molar-refractivity contribution is -0.125. The molecule has 21 heavy (non-hydrogen) atoms. The number of fused-ring (bicyclic) bond motifs is 1. The van der Waals surface area contributed by atoms with Gasteiger partial charge in [-0.1, -0.05) is 12.1 Å². The number of hydrazine groups is 1. The lowest BCUT2D eigenvalue weighted by atomic mass is 10.2. The molecule has 0 bridgehead atoms. The smallest absolute Gasteiger partial charge is 0.268 e. The SMILES string of the molecule is CC1Oc2ccccc2N(Cc2cnc(NN)cn2)C1=O. The van der Waals surface area contributed by atoms with Crippen LogP contribution in [0.3, 0.4) is 0 Å². The largest absolute Gasteiger partial charge is 0.479 e. The summed E-state index contributed by atoms with van der Waals surface area (Å²) >= 11 is 0. The number of nitrogens with one attached hydrogen (secondary N) is 1. The molecular formula is C14H15N5O2. The fourth-order valence-electron chi connectivity index (χ4n) is 2.19. The maximum Gasteiger partial charge on any atom is 0.268 e. The summed E-state index contributed by atoms with van der Waals surface area (Å²) in [5.74, 6) is 6.32. The van der Waals surface area contributed by atoms with Crippen molar-refractivity contribution in [1.82, 2.24) is 9.97 Å². The van der Waals surface area contributed by atoms with Crippen LogP contribution >= 0.6 is 0 Å². The van der Waals surface area contributed by atoms with E-state index in [-0.39, 0.29) is 5.91 Å². The normalized spacial score (nSPS) is 17.1. The first-order valence-corrected chi connectivity index (χ1v) is 6.53. The van der Waals surface area contributed by atoms with Crippen LogP contribution in [0.25, 0.3) is 0 Å². The molecule has 1 aliphatic rings. The second-order valence-electron chi connectivity index (χ2n) is 4.69. The zero-order chi connectivity index (χ0) is 14.8. The maximum atomic E-state index is 12.3. The van der Waals surface area contributed by atoms with E-state index in [2.05, 4.69) is 15.4 Å². The van der Waals surface area contributed by atoms with Crippen molar-refractivity contribution in [2.24, 2.45) is 5.84 Å². The van der Waals surface area contributed by atoms with Gasteiger partial charge in [-0.3, -0.25) is 14.7 Å². The predicted molar refractivity (Wildman–Crippen MR) is 77.6 cm³/mol. The molecular weight excluding hydrogens is 270 g/mol. The molecule has 0 spiro atoms. The molecule has 1 amide bonds. The van der Waals surface area contributed by atoms with Crippen LogP contribution in [0.1, 0.15) is 12.6 Å². The fraction of sp³-hybridized carbons (Fsp3) is 0.214. The van der Waals surface area contributed by atoms with E-state index < -0.39 is 6.10 Å². The van der Waals surface area contributed by atoms with E-state index in [1.54, 1.807) is 18.0 Å². The Hall–Kier alpha value is -2.67. The Balaban J connectivity index is 1.90. The second kappa shape index (κ2) is 5.37. The highest BCUT2D eigenvalue weighted by Gasteiger charge is 2.31. The van der Waals surface area contributed by atoms with Crippen molar-refractivity contribution in [1.29, 1.82) is 0 Å². The summed E-state index contributed by atoms with van der Waals surface area (Å²) in [7, 11) is 0. The number of anilines is 2. The standard InChI is InChI=1S/C14H15N5O2/c1-9-14(20)19(11-4-2-3-5-12(11)21-9)8-10-6-17-13(18-15)7-16-10/h2-7,9H,8,15H2,1H3,(H,17,18). The molecule has 3 rings (SSSR count). The van der Waals surface area contributed by atoms with Crippen molar-refractivity contribution in [2.45, 2.75) is 19.6 Å². The van der Waals surface area contributed by atoms with E-state index in [9.17, 15) is 4.79 Å². The van der Waals surface area contributed by atoms with E-state index in [0.717, 1.165) is 5.69 Å². The quantitative estimate of drug-likeness (QED) is 0.647. The molecule has 7 heteroatoms. The van der Waals surface area contributed by atoms with Gasteiger partial charge in [0.05, 0.1) is 30.3 Å². The zero-order valence-corrected chi connectivity index (χ0v) is 11.5. The summed E-state index contributed by atoms with van der Waals surface area (Å²) in [6, 6.07) is 7.44. The molecule has 0 aliphatic carbocycles. The molecule has 2 heterocycles. The molecule has 0 saturated heterocycles. The first-order chi connectivity index (χ1) is 10.2. The predicted octanol–water partition coefficient (Wildman–Crippen LogP) is 1.08. The van der Waals surface area contributed by atoms with Gasteiger partial charge in [0.2, 0.25) is 0 Å². The van der Waals surface area contributed by atoms with Crippen LogP contribution in [0.2, 0.25) is 0 Å². The van der Waals surface area contributed by atoms with E-state index >= 15 is 0 Å². The number of amides is 1. The molecule has 2 aromatic rings. The maximum absolute atomic E-state index is 12.3. The number of rotatable bonds is 3. The molecule has 1 aliphatic heterocycles. The molecule has 3 N–H and O–H groups in total. The monoisotopic (exact) mass is 285 g/mol. The number of nitrogens with zero attached hydrogens (tertiary/aromatic N) is 3. The lowest BCUT2D eigenvalue weighted by Gasteiger charge is -2.32. The lowest BCUT2D eigenvalue weighted by Crippen LogP contribution is -2.44. The molecule has 1 atom stereocenters. The average molecular weight is 285 g/mol. The number of para-hydroxylation sites is 2. The third-order valence-corrected chi connectivity index (χ3v) is 3.25. The number of ether oxygens (including phenoxy) is 1. The molecule has 1 aromatic heterocycles. The molecule has 7 nitrogen and oxygen atoms in total. The molecule has 0 saturated carbocycles. The van der Waals surface area contributed by atoms with E-state index in [1.165, 1.54) is 6.20 Å². The van der Waals surface area contributed by atoms with Crippen molar-refractivity contribution < 1.29 is 9.53 Å². The average Bonchev–Trinajstić information content (AvgIpc) is 2.52.